The van der Waals surface area contributed by atoms with E-state index < -0.39 is 0 Å². The van der Waals surface area contributed by atoms with Crippen molar-refractivity contribution in [3.05, 3.63) is 30.1 Å². The van der Waals surface area contributed by atoms with Gasteiger partial charge in [0.15, 0.2) is 0 Å². The highest BCUT2D eigenvalue weighted by Gasteiger charge is 2.25. The maximum Gasteiger partial charge on any atom is 0.0544 e. The van der Waals surface area contributed by atoms with Gasteiger partial charge in [-0.25, -0.2) is 0 Å². The molecule has 1 aliphatic rings. The number of hydrogen-bond acceptors (Lipinski definition) is 3. The second-order valence-electron chi connectivity index (χ2n) is 4.67. The quantitative estimate of drug-likeness (QED) is 0.840. The van der Waals surface area contributed by atoms with Gasteiger partial charge in [-0.1, -0.05) is 6.07 Å². The van der Waals surface area contributed by atoms with Gasteiger partial charge in [0, 0.05) is 18.8 Å². The van der Waals surface area contributed by atoms with Gasteiger partial charge in [0.25, 0.3) is 0 Å². The van der Waals surface area contributed by atoms with E-state index in [0.717, 1.165) is 25.2 Å². The van der Waals surface area contributed by atoms with Crippen molar-refractivity contribution in [3.63, 3.8) is 0 Å². The highest BCUT2D eigenvalue weighted by molar-refractivity contribution is 5.04. The van der Waals surface area contributed by atoms with Gasteiger partial charge >= 0.3 is 0 Å². The first-order chi connectivity index (χ1) is 7.75. The minimum Gasteiger partial charge on any atom is -0.393 e. The number of likely N-dealkylation sites (tertiary alicyclic amines) is 1. The average Bonchev–Trinajstić information content (AvgIpc) is 2.66. The van der Waals surface area contributed by atoms with E-state index in [-0.39, 0.29) is 6.10 Å². The average molecular weight is 220 g/mol. The topological polar surface area (TPSA) is 36.4 Å². The number of nitrogens with zero attached hydrogens (tertiary/aromatic N) is 2. The Morgan fingerprint density at radius 2 is 2.44 bits per heavy atom. The van der Waals surface area contributed by atoms with E-state index >= 15 is 0 Å². The normalized spacial score (nSPS) is 23.5. The second-order valence-corrected chi connectivity index (χ2v) is 4.67. The maximum atomic E-state index is 9.45. The zero-order valence-electron chi connectivity index (χ0n) is 9.84. The SMILES string of the molecule is CC(O)CC1CCCN1Cc1ccccn1. The fourth-order valence-corrected chi connectivity index (χ4v) is 2.46. The van der Waals surface area contributed by atoms with Gasteiger partial charge in [0.1, 0.15) is 0 Å². The molecule has 1 saturated heterocycles. The van der Waals surface area contributed by atoms with Gasteiger partial charge in [-0.05, 0) is 44.9 Å². The number of hydrogen-bond donors (Lipinski definition) is 1. The standard InChI is InChI=1S/C13H20N2O/c1-11(16)9-13-6-4-8-15(13)10-12-5-2-3-7-14-12/h2-3,5,7,11,13,16H,4,6,8-10H2,1H3. The van der Waals surface area contributed by atoms with E-state index in [1.807, 2.05) is 25.3 Å². The van der Waals surface area contributed by atoms with E-state index in [4.69, 9.17) is 0 Å². The highest BCUT2D eigenvalue weighted by Crippen LogP contribution is 2.22. The Bertz CT molecular complexity index is 313. The van der Waals surface area contributed by atoms with E-state index in [1.165, 1.54) is 12.8 Å². The molecule has 1 fully saturated rings. The van der Waals surface area contributed by atoms with Crippen LogP contribution in [0, 0.1) is 0 Å². The monoisotopic (exact) mass is 220 g/mol. The van der Waals surface area contributed by atoms with E-state index in [2.05, 4.69) is 16.0 Å². The molecule has 1 N–H and O–H groups in total. The summed E-state index contributed by atoms with van der Waals surface area (Å²) < 4.78 is 0. The van der Waals surface area contributed by atoms with Gasteiger partial charge in [-0.2, -0.15) is 0 Å². The molecule has 0 radical (unpaired) electrons. The summed E-state index contributed by atoms with van der Waals surface area (Å²) in [4.78, 5) is 6.79. The van der Waals surface area contributed by atoms with Crippen molar-refractivity contribution in [3.8, 4) is 0 Å². The van der Waals surface area contributed by atoms with Crippen LogP contribution in [0.5, 0.6) is 0 Å². The maximum absolute atomic E-state index is 9.45. The summed E-state index contributed by atoms with van der Waals surface area (Å²) in [5.74, 6) is 0. The van der Waals surface area contributed by atoms with Gasteiger partial charge in [0.05, 0.1) is 11.8 Å². The summed E-state index contributed by atoms with van der Waals surface area (Å²) in [6, 6.07) is 6.57. The summed E-state index contributed by atoms with van der Waals surface area (Å²) in [6.07, 6.45) is 4.97. The Hall–Kier alpha value is -0.930. The molecule has 2 unspecified atom stereocenters. The first-order valence-corrected chi connectivity index (χ1v) is 6.07. The molecule has 0 amide bonds. The molecule has 3 nitrogen and oxygen atoms in total. The number of rotatable bonds is 4. The highest BCUT2D eigenvalue weighted by atomic mass is 16.3. The van der Waals surface area contributed by atoms with Crippen LogP contribution in [-0.4, -0.2) is 33.7 Å². The molecule has 0 aromatic carbocycles. The van der Waals surface area contributed by atoms with Gasteiger partial charge in [-0.3, -0.25) is 9.88 Å². The van der Waals surface area contributed by atoms with Crippen molar-refractivity contribution in [2.24, 2.45) is 0 Å². The zero-order chi connectivity index (χ0) is 11.4. The van der Waals surface area contributed by atoms with Crippen LogP contribution in [0.4, 0.5) is 0 Å². The molecule has 1 aliphatic heterocycles. The van der Waals surface area contributed by atoms with Crippen LogP contribution >= 0.6 is 0 Å². The van der Waals surface area contributed by atoms with Crippen LogP contribution in [-0.2, 0) is 6.54 Å². The Balaban J connectivity index is 1.93. The zero-order valence-corrected chi connectivity index (χ0v) is 9.84. The van der Waals surface area contributed by atoms with Gasteiger partial charge in [-0.15, -0.1) is 0 Å². The molecule has 3 heteroatoms. The van der Waals surface area contributed by atoms with Crippen molar-refractivity contribution in [1.82, 2.24) is 9.88 Å². The largest absolute Gasteiger partial charge is 0.393 e. The number of aliphatic hydroxyl groups is 1. The number of pyridine rings is 1. The minimum absolute atomic E-state index is 0.200. The molecular formula is C13H20N2O. The molecular weight excluding hydrogens is 200 g/mol. The smallest absolute Gasteiger partial charge is 0.0544 e. The van der Waals surface area contributed by atoms with Crippen LogP contribution < -0.4 is 0 Å². The molecule has 0 spiro atoms. The number of aliphatic hydroxyl groups excluding tert-OH is 1. The molecule has 2 rings (SSSR count). The lowest BCUT2D eigenvalue weighted by Gasteiger charge is -2.24. The van der Waals surface area contributed by atoms with Crippen LogP contribution in [0.3, 0.4) is 0 Å². The fraction of sp³-hybridized carbons (Fsp3) is 0.615. The lowest BCUT2D eigenvalue weighted by atomic mass is 10.1. The molecule has 88 valence electrons. The third-order valence-corrected chi connectivity index (χ3v) is 3.20. The summed E-state index contributed by atoms with van der Waals surface area (Å²) in [6.45, 7) is 3.92. The summed E-state index contributed by atoms with van der Waals surface area (Å²) in [7, 11) is 0. The second kappa shape index (κ2) is 5.41. The Morgan fingerprint density at radius 3 is 3.12 bits per heavy atom. The molecule has 1 aromatic heterocycles. The Morgan fingerprint density at radius 1 is 1.56 bits per heavy atom. The Labute approximate surface area is 97.1 Å². The Kier molecular flexibility index (Phi) is 3.91. The predicted molar refractivity (Wildman–Crippen MR) is 64.0 cm³/mol. The van der Waals surface area contributed by atoms with Crippen molar-refractivity contribution in [2.45, 2.75) is 44.9 Å². The van der Waals surface area contributed by atoms with Crippen LogP contribution in [0.2, 0.25) is 0 Å². The molecule has 2 atom stereocenters. The van der Waals surface area contributed by atoms with E-state index in [9.17, 15) is 5.11 Å². The fourth-order valence-electron chi connectivity index (χ4n) is 2.46. The first-order valence-electron chi connectivity index (χ1n) is 6.07. The third-order valence-electron chi connectivity index (χ3n) is 3.20. The molecule has 0 saturated carbocycles. The molecule has 2 heterocycles. The molecule has 0 bridgehead atoms. The van der Waals surface area contributed by atoms with Crippen molar-refractivity contribution in [1.29, 1.82) is 0 Å². The van der Waals surface area contributed by atoms with Crippen molar-refractivity contribution >= 4 is 0 Å². The lowest BCUT2D eigenvalue weighted by Crippen LogP contribution is -2.31. The predicted octanol–water partition coefficient (Wildman–Crippen LogP) is 1.82. The lowest BCUT2D eigenvalue weighted by molar-refractivity contribution is 0.130. The summed E-state index contributed by atoms with van der Waals surface area (Å²) >= 11 is 0. The summed E-state index contributed by atoms with van der Waals surface area (Å²) in [5.41, 5.74) is 1.12. The molecule has 16 heavy (non-hydrogen) atoms. The molecule has 0 aliphatic carbocycles. The first kappa shape index (κ1) is 11.6. The number of aromatic nitrogens is 1. The van der Waals surface area contributed by atoms with Crippen molar-refractivity contribution in [2.75, 3.05) is 6.54 Å². The van der Waals surface area contributed by atoms with Gasteiger partial charge < -0.3 is 5.11 Å². The van der Waals surface area contributed by atoms with Crippen molar-refractivity contribution < 1.29 is 5.11 Å². The summed E-state index contributed by atoms with van der Waals surface area (Å²) in [5, 5.41) is 9.45. The van der Waals surface area contributed by atoms with Crippen LogP contribution in [0.1, 0.15) is 31.9 Å². The molecule has 1 aromatic rings. The van der Waals surface area contributed by atoms with E-state index in [0.29, 0.717) is 6.04 Å². The van der Waals surface area contributed by atoms with Crippen LogP contribution in [0.25, 0.3) is 0 Å². The van der Waals surface area contributed by atoms with Crippen LogP contribution in [0.15, 0.2) is 24.4 Å². The van der Waals surface area contributed by atoms with Gasteiger partial charge in [0.2, 0.25) is 0 Å². The minimum atomic E-state index is -0.200. The third kappa shape index (κ3) is 3.03. The van der Waals surface area contributed by atoms with E-state index in [1.54, 1.807) is 0 Å².